The summed E-state index contributed by atoms with van der Waals surface area (Å²) >= 11 is 1.62. The average Bonchev–Trinajstić information content (AvgIpc) is 3.00. The SMILES string of the molecule is CC1CCCN(c2ncnc3scc(-c4ccc(F)cc4)c23)C1. The number of anilines is 1. The Morgan fingerprint density at radius 1 is 1.22 bits per heavy atom. The van der Waals surface area contributed by atoms with E-state index >= 15 is 0 Å². The molecular weight excluding hydrogens is 309 g/mol. The van der Waals surface area contributed by atoms with E-state index in [-0.39, 0.29) is 5.82 Å². The van der Waals surface area contributed by atoms with Crippen LogP contribution in [0.2, 0.25) is 0 Å². The zero-order valence-electron chi connectivity index (χ0n) is 13.0. The number of aromatic nitrogens is 2. The summed E-state index contributed by atoms with van der Waals surface area (Å²) in [5, 5.41) is 3.20. The second kappa shape index (κ2) is 5.89. The van der Waals surface area contributed by atoms with Gasteiger partial charge in [-0.15, -0.1) is 11.3 Å². The largest absolute Gasteiger partial charge is 0.356 e. The molecule has 0 bridgehead atoms. The van der Waals surface area contributed by atoms with E-state index in [4.69, 9.17) is 0 Å². The zero-order chi connectivity index (χ0) is 15.8. The van der Waals surface area contributed by atoms with Gasteiger partial charge in [0.25, 0.3) is 0 Å². The fourth-order valence-corrected chi connectivity index (χ4v) is 4.23. The van der Waals surface area contributed by atoms with Crippen LogP contribution < -0.4 is 4.90 Å². The van der Waals surface area contributed by atoms with Crippen LogP contribution in [0.15, 0.2) is 36.0 Å². The van der Waals surface area contributed by atoms with Crippen molar-refractivity contribution in [3.63, 3.8) is 0 Å². The lowest BCUT2D eigenvalue weighted by atomic mass is 9.99. The van der Waals surface area contributed by atoms with Gasteiger partial charge in [0.05, 0.1) is 5.39 Å². The second-order valence-electron chi connectivity index (χ2n) is 6.23. The van der Waals surface area contributed by atoms with Gasteiger partial charge in [0.15, 0.2) is 0 Å². The molecule has 118 valence electrons. The van der Waals surface area contributed by atoms with Gasteiger partial charge in [-0.05, 0) is 36.5 Å². The Morgan fingerprint density at radius 3 is 2.83 bits per heavy atom. The number of hydrogen-bond acceptors (Lipinski definition) is 4. The van der Waals surface area contributed by atoms with Crippen LogP contribution in [0, 0.1) is 11.7 Å². The average molecular weight is 327 g/mol. The molecule has 3 aromatic rings. The molecular formula is C18H18FN3S. The Kier molecular flexibility index (Phi) is 3.73. The van der Waals surface area contributed by atoms with Gasteiger partial charge >= 0.3 is 0 Å². The van der Waals surface area contributed by atoms with E-state index in [0.29, 0.717) is 5.92 Å². The minimum Gasteiger partial charge on any atom is -0.356 e. The first-order valence-electron chi connectivity index (χ1n) is 7.95. The van der Waals surface area contributed by atoms with E-state index in [1.54, 1.807) is 17.7 Å². The van der Waals surface area contributed by atoms with Gasteiger partial charge in [0.2, 0.25) is 0 Å². The maximum absolute atomic E-state index is 13.2. The van der Waals surface area contributed by atoms with Gasteiger partial charge in [-0.1, -0.05) is 19.1 Å². The van der Waals surface area contributed by atoms with Crippen molar-refractivity contribution in [1.29, 1.82) is 0 Å². The van der Waals surface area contributed by atoms with Crippen molar-refractivity contribution in [2.45, 2.75) is 19.8 Å². The van der Waals surface area contributed by atoms with E-state index in [9.17, 15) is 4.39 Å². The third kappa shape index (κ3) is 2.70. The molecule has 3 heterocycles. The number of hydrogen-bond donors (Lipinski definition) is 0. The molecule has 3 nitrogen and oxygen atoms in total. The van der Waals surface area contributed by atoms with Gasteiger partial charge in [0.1, 0.15) is 22.8 Å². The summed E-state index contributed by atoms with van der Waals surface area (Å²) in [4.78, 5) is 12.4. The first-order chi connectivity index (χ1) is 11.2. The van der Waals surface area contributed by atoms with Gasteiger partial charge in [-0.2, -0.15) is 0 Å². The minimum atomic E-state index is -0.213. The fourth-order valence-electron chi connectivity index (χ4n) is 3.32. The van der Waals surface area contributed by atoms with Gasteiger partial charge in [-0.3, -0.25) is 0 Å². The molecule has 1 aromatic carbocycles. The van der Waals surface area contributed by atoms with E-state index in [0.717, 1.165) is 40.3 Å². The van der Waals surface area contributed by atoms with Gasteiger partial charge in [-0.25, -0.2) is 14.4 Å². The molecule has 0 saturated carbocycles. The summed E-state index contributed by atoms with van der Waals surface area (Å²) < 4.78 is 13.2. The second-order valence-corrected chi connectivity index (χ2v) is 7.09. The van der Waals surface area contributed by atoms with Crippen molar-refractivity contribution in [2.24, 2.45) is 5.92 Å². The lowest BCUT2D eigenvalue weighted by molar-refractivity contribution is 0.445. The first-order valence-corrected chi connectivity index (χ1v) is 8.83. The number of piperidine rings is 1. The van der Waals surface area contributed by atoms with Crippen LogP contribution in [-0.4, -0.2) is 23.1 Å². The van der Waals surface area contributed by atoms with Crippen molar-refractivity contribution < 1.29 is 4.39 Å². The zero-order valence-corrected chi connectivity index (χ0v) is 13.8. The van der Waals surface area contributed by atoms with Crippen LogP contribution in [0.5, 0.6) is 0 Å². The van der Waals surface area contributed by atoms with Gasteiger partial charge < -0.3 is 4.90 Å². The van der Waals surface area contributed by atoms with Crippen LogP contribution in [0.3, 0.4) is 0 Å². The Morgan fingerprint density at radius 2 is 2.04 bits per heavy atom. The van der Waals surface area contributed by atoms with E-state index in [1.165, 1.54) is 25.0 Å². The molecule has 1 aliphatic rings. The molecule has 0 radical (unpaired) electrons. The molecule has 0 amide bonds. The molecule has 0 aliphatic carbocycles. The lowest BCUT2D eigenvalue weighted by Gasteiger charge is -2.32. The molecule has 5 heteroatoms. The minimum absolute atomic E-state index is 0.213. The Balaban J connectivity index is 1.85. The van der Waals surface area contributed by atoms with Crippen molar-refractivity contribution in [3.05, 3.63) is 41.8 Å². The van der Waals surface area contributed by atoms with E-state index in [1.807, 2.05) is 12.1 Å². The summed E-state index contributed by atoms with van der Waals surface area (Å²) in [7, 11) is 0. The van der Waals surface area contributed by atoms with Crippen LogP contribution >= 0.6 is 11.3 Å². The first kappa shape index (κ1) is 14.6. The van der Waals surface area contributed by atoms with Crippen molar-refractivity contribution in [2.75, 3.05) is 18.0 Å². The highest BCUT2D eigenvalue weighted by Crippen LogP contribution is 2.38. The van der Waals surface area contributed by atoms with Crippen molar-refractivity contribution >= 4 is 27.4 Å². The smallest absolute Gasteiger partial charge is 0.141 e. The Bertz CT molecular complexity index is 828. The molecule has 23 heavy (non-hydrogen) atoms. The topological polar surface area (TPSA) is 29.0 Å². The predicted molar refractivity (Wildman–Crippen MR) is 93.4 cm³/mol. The molecule has 2 aromatic heterocycles. The highest BCUT2D eigenvalue weighted by atomic mass is 32.1. The summed E-state index contributed by atoms with van der Waals surface area (Å²) in [5.41, 5.74) is 2.11. The normalized spacial score (nSPS) is 18.5. The monoisotopic (exact) mass is 327 g/mol. The quantitative estimate of drug-likeness (QED) is 0.681. The molecule has 0 N–H and O–H groups in total. The number of nitrogens with zero attached hydrogens (tertiary/aromatic N) is 3. The molecule has 1 unspecified atom stereocenters. The number of thiophene rings is 1. The summed E-state index contributed by atoms with van der Waals surface area (Å²) in [6.45, 7) is 4.36. The summed E-state index contributed by atoms with van der Waals surface area (Å²) in [6, 6.07) is 6.66. The molecule has 1 aliphatic heterocycles. The fraction of sp³-hybridized carbons (Fsp3) is 0.333. The summed E-state index contributed by atoms with van der Waals surface area (Å²) in [5.74, 6) is 1.48. The highest BCUT2D eigenvalue weighted by molar-refractivity contribution is 7.17. The number of halogens is 1. The lowest BCUT2D eigenvalue weighted by Crippen LogP contribution is -2.34. The summed E-state index contributed by atoms with van der Waals surface area (Å²) in [6.07, 6.45) is 4.13. The van der Waals surface area contributed by atoms with Crippen LogP contribution in [0.1, 0.15) is 19.8 Å². The number of rotatable bonds is 2. The standard InChI is InChI=1S/C18H18FN3S/c1-12-3-2-8-22(9-12)17-16-15(10-23-18(16)21-11-20-17)13-4-6-14(19)7-5-13/h4-7,10-12H,2-3,8-9H2,1H3. The Labute approximate surface area is 138 Å². The number of benzene rings is 1. The molecule has 4 rings (SSSR count). The Hall–Kier alpha value is -2.01. The van der Waals surface area contributed by atoms with Crippen molar-refractivity contribution in [1.82, 2.24) is 9.97 Å². The molecule has 1 atom stereocenters. The maximum atomic E-state index is 13.2. The highest BCUT2D eigenvalue weighted by Gasteiger charge is 2.22. The third-order valence-corrected chi connectivity index (χ3v) is 5.35. The number of fused-ring (bicyclic) bond motifs is 1. The van der Waals surface area contributed by atoms with E-state index < -0.39 is 0 Å². The van der Waals surface area contributed by atoms with Crippen LogP contribution in [0.4, 0.5) is 10.2 Å². The molecule has 0 spiro atoms. The molecule has 1 fully saturated rings. The van der Waals surface area contributed by atoms with Crippen LogP contribution in [0.25, 0.3) is 21.3 Å². The third-order valence-electron chi connectivity index (χ3n) is 4.46. The van der Waals surface area contributed by atoms with Crippen molar-refractivity contribution in [3.8, 4) is 11.1 Å². The molecule has 1 saturated heterocycles. The maximum Gasteiger partial charge on any atom is 0.141 e. The van der Waals surface area contributed by atoms with E-state index in [2.05, 4.69) is 27.2 Å². The predicted octanol–water partition coefficient (Wildman–Crippen LogP) is 4.73. The van der Waals surface area contributed by atoms with Crippen LogP contribution in [-0.2, 0) is 0 Å². The van der Waals surface area contributed by atoms with Gasteiger partial charge in [0, 0.05) is 24.0 Å².